The van der Waals surface area contributed by atoms with Gasteiger partial charge in [-0.3, -0.25) is 4.79 Å². The van der Waals surface area contributed by atoms with Crippen molar-refractivity contribution in [3.8, 4) is 11.5 Å². The normalized spacial score (nSPS) is 13.6. The molecule has 0 aromatic heterocycles. The first-order chi connectivity index (χ1) is 8.54. The number of rotatable bonds is 5. The predicted molar refractivity (Wildman–Crippen MR) is 65.7 cm³/mol. The van der Waals surface area contributed by atoms with E-state index < -0.39 is 18.0 Å². The quantitative estimate of drug-likeness (QED) is 0.807. The average Bonchev–Trinajstić information content (AvgIpc) is 2.43. The zero-order valence-electron chi connectivity index (χ0n) is 11.0. The van der Waals surface area contributed by atoms with E-state index in [0.29, 0.717) is 17.1 Å². The molecule has 0 saturated carbocycles. The standard InChI is InChI=1S/C13H18O5/c1-8(13(15)18-4)12(14)9-5-6-10(16-2)11(7-9)17-3/h5-8,12,14H,1-4H3/t8-,12-/m0/s1. The summed E-state index contributed by atoms with van der Waals surface area (Å²) in [6.45, 7) is 1.60. The van der Waals surface area contributed by atoms with E-state index in [2.05, 4.69) is 4.74 Å². The van der Waals surface area contributed by atoms with Crippen molar-refractivity contribution in [3.05, 3.63) is 23.8 Å². The summed E-state index contributed by atoms with van der Waals surface area (Å²) in [4.78, 5) is 11.4. The molecule has 1 aromatic carbocycles. The zero-order chi connectivity index (χ0) is 13.7. The predicted octanol–water partition coefficient (Wildman–Crippen LogP) is 1.55. The summed E-state index contributed by atoms with van der Waals surface area (Å²) in [5, 5.41) is 10.1. The molecule has 0 spiro atoms. The summed E-state index contributed by atoms with van der Waals surface area (Å²) < 4.78 is 14.8. The molecule has 0 heterocycles. The third kappa shape index (κ3) is 2.92. The molecule has 0 radical (unpaired) electrons. The Hall–Kier alpha value is -1.75. The zero-order valence-corrected chi connectivity index (χ0v) is 11.0. The minimum Gasteiger partial charge on any atom is -0.493 e. The van der Waals surface area contributed by atoms with Crippen LogP contribution in [-0.4, -0.2) is 32.4 Å². The Morgan fingerprint density at radius 3 is 2.28 bits per heavy atom. The van der Waals surface area contributed by atoms with E-state index in [1.54, 1.807) is 25.1 Å². The first-order valence-corrected chi connectivity index (χ1v) is 5.53. The molecule has 0 aliphatic rings. The van der Waals surface area contributed by atoms with Crippen LogP contribution in [0.1, 0.15) is 18.6 Å². The van der Waals surface area contributed by atoms with Gasteiger partial charge < -0.3 is 19.3 Å². The van der Waals surface area contributed by atoms with Gasteiger partial charge in [-0.05, 0) is 24.6 Å². The van der Waals surface area contributed by atoms with E-state index >= 15 is 0 Å². The summed E-state index contributed by atoms with van der Waals surface area (Å²) in [6, 6.07) is 5.01. The number of hydrogen-bond donors (Lipinski definition) is 1. The molecule has 1 rings (SSSR count). The summed E-state index contributed by atoms with van der Waals surface area (Å²) >= 11 is 0. The maximum atomic E-state index is 11.4. The van der Waals surface area contributed by atoms with Crippen LogP contribution in [-0.2, 0) is 9.53 Å². The fraction of sp³-hybridized carbons (Fsp3) is 0.462. The Labute approximate surface area is 106 Å². The fourth-order valence-electron chi connectivity index (χ4n) is 1.64. The van der Waals surface area contributed by atoms with Gasteiger partial charge >= 0.3 is 5.97 Å². The van der Waals surface area contributed by atoms with E-state index in [-0.39, 0.29) is 0 Å². The molecule has 0 aliphatic heterocycles. The molecule has 0 amide bonds. The number of hydrogen-bond acceptors (Lipinski definition) is 5. The second-order valence-corrected chi connectivity index (χ2v) is 3.87. The molecule has 0 unspecified atom stereocenters. The van der Waals surface area contributed by atoms with Crippen molar-refractivity contribution in [2.24, 2.45) is 5.92 Å². The molecule has 1 aromatic rings. The Bertz CT molecular complexity index is 416. The highest BCUT2D eigenvalue weighted by Crippen LogP contribution is 2.32. The molecule has 5 nitrogen and oxygen atoms in total. The van der Waals surface area contributed by atoms with Gasteiger partial charge in [-0.25, -0.2) is 0 Å². The summed E-state index contributed by atoms with van der Waals surface area (Å²) in [7, 11) is 4.34. The van der Waals surface area contributed by atoms with Crippen LogP contribution >= 0.6 is 0 Å². The van der Waals surface area contributed by atoms with Crippen molar-refractivity contribution < 1.29 is 24.1 Å². The average molecular weight is 254 g/mol. The summed E-state index contributed by atoms with van der Waals surface area (Å²) in [5.41, 5.74) is 0.575. The van der Waals surface area contributed by atoms with E-state index in [9.17, 15) is 9.90 Å². The van der Waals surface area contributed by atoms with Crippen LogP contribution < -0.4 is 9.47 Å². The number of carbonyl (C=O) groups excluding carboxylic acids is 1. The molecule has 0 bridgehead atoms. The Morgan fingerprint density at radius 1 is 1.17 bits per heavy atom. The SMILES string of the molecule is COC(=O)[C@@H](C)[C@H](O)c1ccc(OC)c(OC)c1. The largest absolute Gasteiger partial charge is 0.493 e. The Morgan fingerprint density at radius 2 is 1.78 bits per heavy atom. The summed E-state index contributed by atoms with van der Waals surface area (Å²) in [5.74, 6) is -0.0318. The van der Waals surface area contributed by atoms with Crippen LogP contribution in [0.5, 0.6) is 11.5 Å². The number of methoxy groups -OCH3 is 3. The molecule has 2 atom stereocenters. The van der Waals surface area contributed by atoms with Gasteiger partial charge in [0.05, 0.1) is 33.4 Å². The van der Waals surface area contributed by atoms with Gasteiger partial charge in [0.25, 0.3) is 0 Å². The third-order valence-corrected chi connectivity index (χ3v) is 2.80. The molecule has 5 heteroatoms. The molecular weight excluding hydrogens is 236 g/mol. The lowest BCUT2D eigenvalue weighted by Gasteiger charge is -2.18. The molecule has 1 N–H and O–H groups in total. The van der Waals surface area contributed by atoms with Gasteiger partial charge in [-0.15, -0.1) is 0 Å². The molecule has 100 valence electrons. The van der Waals surface area contributed by atoms with Gasteiger partial charge in [0, 0.05) is 0 Å². The lowest BCUT2D eigenvalue weighted by Crippen LogP contribution is -2.20. The van der Waals surface area contributed by atoms with Crippen LogP contribution in [0, 0.1) is 5.92 Å². The van der Waals surface area contributed by atoms with Gasteiger partial charge in [-0.2, -0.15) is 0 Å². The van der Waals surface area contributed by atoms with Crippen LogP contribution in [0.4, 0.5) is 0 Å². The van der Waals surface area contributed by atoms with E-state index in [1.807, 2.05) is 0 Å². The van der Waals surface area contributed by atoms with Gasteiger partial charge in [0.1, 0.15) is 0 Å². The smallest absolute Gasteiger partial charge is 0.311 e. The molecule has 18 heavy (non-hydrogen) atoms. The number of aliphatic hydroxyl groups is 1. The van der Waals surface area contributed by atoms with E-state index in [0.717, 1.165) is 0 Å². The molecule has 0 aliphatic carbocycles. The highest BCUT2D eigenvalue weighted by atomic mass is 16.5. The fourth-order valence-corrected chi connectivity index (χ4v) is 1.64. The third-order valence-electron chi connectivity index (χ3n) is 2.80. The van der Waals surface area contributed by atoms with Crippen molar-refractivity contribution in [3.63, 3.8) is 0 Å². The maximum absolute atomic E-state index is 11.4. The lowest BCUT2D eigenvalue weighted by molar-refractivity contribution is -0.148. The number of esters is 1. The molecule has 0 saturated heterocycles. The second kappa shape index (κ2) is 6.26. The first-order valence-electron chi connectivity index (χ1n) is 5.53. The topological polar surface area (TPSA) is 65.0 Å². The summed E-state index contributed by atoms with van der Waals surface area (Å²) in [6.07, 6.45) is -0.947. The second-order valence-electron chi connectivity index (χ2n) is 3.87. The van der Waals surface area contributed by atoms with Crippen molar-refractivity contribution in [1.82, 2.24) is 0 Å². The van der Waals surface area contributed by atoms with Gasteiger partial charge in [0.15, 0.2) is 11.5 Å². The van der Waals surface area contributed by atoms with Crippen molar-refractivity contribution >= 4 is 5.97 Å². The van der Waals surface area contributed by atoms with Crippen LogP contribution in [0.25, 0.3) is 0 Å². The lowest BCUT2D eigenvalue weighted by atomic mass is 9.97. The minimum atomic E-state index is -0.947. The van der Waals surface area contributed by atoms with Gasteiger partial charge in [-0.1, -0.05) is 6.07 Å². The highest BCUT2D eigenvalue weighted by molar-refractivity contribution is 5.72. The number of ether oxygens (including phenoxy) is 3. The van der Waals surface area contributed by atoms with Crippen molar-refractivity contribution in [1.29, 1.82) is 0 Å². The minimum absolute atomic E-state index is 0.461. The number of carbonyl (C=O) groups is 1. The Kier molecular flexibility index (Phi) is 4.97. The highest BCUT2D eigenvalue weighted by Gasteiger charge is 2.25. The number of aliphatic hydroxyl groups excluding tert-OH is 1. The van der Waals surface area contributed by atoms with Crippen LogP contribution in [0.2, 0.25) is 0 Å². The Balaban J connectivity index is 2.99. The first kappa shape index (κ1) is 14.3. The van der Waals surface area contributed by atoms with Crippen molar-refractivity contribution in [2.45, 2.75) is 13.0 Å². The number of benzene rings is 1. The van der Waals surface area contributed by atoms with E-state index in [4.69, 9.17) is 9.47 Å². The van der Waals surface area contributed by atoms with Crippen molar-refractivity contribution in [2.75, 3.05) is 21.3 Å². The maximum Gasteiger partial charge on any atom is 0.311 e. The van der Waals surface area contributed by atoms with Crippen LogP contribution in [0.15, 0.2) is 18.2 Å². The van der Waals surface area contributed by atoms with E-state index in [1.165, 1.54) is 21.3 Å². The monoisotopic (exact) mass is 254 g/mol. The van der Waals surface area contributed by atoms with Gasteiger partial charge in [0.2, 0.25) is 0 Å². The molecular formula is C13H18O5. The molecule has 0 fully saturated rings. The van der Waals surface area contributed by atoms with Crippen LogP contribution in [0.3, 0.4) is 0 Å².